The normalized spacial score (nSPS) is 19.1. The van der Waals surface area contributed by atoms with Gasteiger partial charge in [0, 0.05) is 12.6 Å². The summed E-state index contributed by atoms with van der Waals surface area (Å²) in [5.74, 6) is -1.55. The van der Waals surface area contributed by atoms with Gasteiger partial charge in [-0.25, -0.2) is 8.78 Å². The zero-order valence-corrected chi connectivity index (χ0v) is 12.2. The molecular weight excluding hydrogens is 268 g/mol. The van der Waals surface area contributed by atoms with E-state index in [-0.39, 0.29) is 0 Å². The van der Waals surface area contributed by atoms with Crippen LogP contribution in [0.2, 0.25) is 0 Å². The predicted octanol–water partition coefficient (Wildman–Crippen LogP) is 4.61. The lowest BCUT2D eigenvalue weighted by Crippen LogP contribution is -2.22. The van der Waals surface area contributed by atoms with Gasteiger partial charge in [0.15, 0.2) is 11.6 Å². The summed E-state index contributed by atoms with van der Waals surface area (Å²) in [4.78, 5) is 2.35. The average molecular weight is 287 g/mol. The molecule has 110 valence electrons. The van der Waals surface area contributed by atoms with Gasteiger partial charge in [-0.15, -0.1) is 0 Å². The number of nitrogens with zero attached hydrogens (tertiary/aromatic N) is 1. The first-order valence-corrected chi connectivity index (χ1v) is 7.38. The summed E-state index contributed by atoms with van der Waals surface area (Å²) < 4.78 is 26.3. The van der Waals surface area contributed by atoms with Crippen LogP contribution in [0, 0.1) is 18.6 Å². The number of halogens is 2. The van der Waals surface area contributed by atoms with E-state index in [1.165, 1.54) is 23.3 Å². The largest absolute Gasteiger partial charge is 0.292 e. The first-order chi connectivity index (χ1) is 10.1. The molecule has 0 aliphatic carbocycles. The van der Waals surface area contributed by atoms with E-state index >= 15 is 0 Å². The van der Waals surface area contributed by atoms with Crippen LogP contribution in [0.25, 0.3) is 0 Å². The first-order valence-electron chi connectivity index (χ1n) is 7.38. The maximum absolute atomic E-state index is 13.3. The number of benzene rings is 2. The molecule has 1 nitrogen and oxygen atoms in total. The van der Waals surface area contributed by atoms with Crippen molar-refractivity contribution in [1.29, 1.82) is 0 Å². The molecule has 1 fully saturated rings. The minimum absolute atomic E-state index is 0.373. The summed E-state index contributed by atoms with van der Waals surface area (Å²) in [5.41, 5.74) is 3.40. The van der Waals surface area contributed by atoms with E-state index in [1.54, 1.807) is 6.07 Å². The summed E-state index contributed by atoms with van der Waals surface area (Å²) in [7, 11) is 0. The van der Waals surface area contributed by atoms with Crippen molar-refractivity contribution in [3.8, 4) is 0 Å². The lowest BCUT2D eigenvalue weighted by atomic mass is 10.0. The van der Waals surface area contributed by atoms with Crippen LogP contribution in [-0.2, 0) is 6.54 Å². The lowest BCUT2D eigenvalue weighted by Gasteiger charge is -2.25. The van der Waals surface area contributed by atoms with Crippen LogP contribution < -0.4 is 0 Å². The standard InChI is InChI=1S/C18H19F2N/c1-13-4-2-5-15(10-13)18-6-3-9-21(18)12-14-7-8-16(19)17(20)11-14/h2,4-5,7-8,10-11,18H,3,6,9,12H2,1H3/t18-/m1/s1. The zero-order valence-electron chi connectivity index (χ0n) is 12.2. The van der Waals surface area contributed by atoms with Crippen molar-refractivity contribution in [1.82, 2.24) is 4.90 Å². The number of hydrogen-bond acceptors (Lipinski definition) is 1. The molecule has 0 saturated carbocycles. The first kappa shape index (κ1) is 14.2. The van der Waals surface area contributed by atoms with Gasteiger partial charge in [0.2, 0.25) is 0 Å². The monoisotopic (exact) mass is 287 g/mol. The molecule has 2 aromatic rings. The highest BCUT2D eigenvalue weighted by Crippen LogP contribution is 2.33. The molecule has 0 bridgehead atoms. The molecule has 1 aliphatic rings. The molecule has 3 heteroatoms. The summed E-state index contributed by atoms with van der Waals surface area (Å²) in [5, 5.41) is 0. The van der Waals surface area contributed by atoms with Gasteiger partial charge in [-0.2, -0.15) is 0 Å². The summed E-state index contributed by atoms with van der Waals surface area (Å²) in [6.45, 7) is 3.76. The third-order valence-electron chi connectivity index (χ3n) is 4.16. The Hall–Kier alpha value is -1.74. The fourth-order valence-electron chi connectivity index (χ4n) is 3.14. The molecule has 0 amide bonds. The van der Waals surface area contributed by atoms with Gasteiger partial charge < -0.3 is 0 Å². The Morgan fingerprint density at radius 2 is 1.95 bits per heavy atom. The Labute approximate surface area is 124 Å². The van der Waals surface area contributed by atoms with E-state index in [9.17, 15) is 8.78 Å². The smallest absolute Gasteiger partial charge is 0.159 e. The van der Waals surface area contributed by atoms with Gasteiger partial charge in [-0.1, -0.05) is 35.9 Å². The molecule has 0 spiro atoms. The Bertz CT molecular complexity index is 639. The zero-order chi connectivity index (χ0) is 14.8. The van der Waals surface area contributed by atoms with Gasteiger partial charge in [0.05, 0.1) is 0 Å². The minimum atomic E-state index is -0.782. The van der Waals surface area contributed by atoms with E-state index in [4.69, 9.17) is 0 Å². The second kappa shape index (κ2) is 5.94. The second-order valence-corrected chi connectivity index (χ2v) is 5.79. The molecule has 1 aliphatic heterocycles. The molecule has 0 aromatic heterocycles. The molecule has 0 radical (unpaired) electrons. The Morgan fingerprint density at radius 1 is 1.10 bits per heavy atom. The number of aryl methyl sites for hydroxylation is 1. The highest BCUT2D eigenvalue weighted by atomic mass is 19.2. The van der Waals surface area contributed by atoms with Crippen LogP contribution in [-0.4, -0.2) is 11.4 Å². The maximum atomic E-state index is 13.3. The van der Waals surface area contributed by atoms with E-state index < -0.39 is 11.6 Å². The predicted molar refractivity (Wildman–Crippen MR) is 79.9 cm³/mol. The number of hydrogen-bond donors (Lipinski definition) is 0. The Kier molecular flexibility index (Phi) is 4.02. The van der Waals surface area contributed by atoms with Gasteiger partial charge >= 0.3 is 0 Å². The van der Waals surface area contributed by atoms with Gasteiger partial charge in [0.1, 0.15) is 0 Å². The topological polar surface area (TPSA) is 3.24 Å². The van der Waals surface area contributed by atoms with Crippen molar-refractivity contribution in [3.63, 3.8) is 0 Å². The van der Waals surface area contributed by atoms with Crippen LogP contribution in [0.4, 0.5) is 8.78 Å². The van der Waals surface area contributed by atoms with Gasteiger partial charge in [0.25, 0.3) is 0 Å². The highest BCUT2D eigenvalue weighted by molar-refractivity contribution is 5.26. The summed E-state index contributed by atoms with van der Waals surface area (Å²) in [6.07, 6.45) is 2.26. The highest BCUT2D eigenvalue weighted by Gasteiger charge is 2.26. The summed E-state index contributed by atoms with van der Waals surface area (Å²) in [6, 6.07) is 13.1. The minimum Gasteiger partial charge on any atom is -0.292 e. The van der Waals surface area contributed by atoms with Crippen molar-refractivity contribution < 1.29 is 8.78 Å². The SMILES string of the molecule is Cc1cccc([C@H]2CCCN2Cc2ccc(F)c(F)c2)c1. The summed E-state index contributed by atoms with van der Waals surface area (Å²) >= 11 is 0. The Balaban J connectivity index is 1.79. The third kappa shape index (κ3) is 3.13. The molecule has 2 aromatic carbocycles. The van der Waals surface area contributed by atoms with E-state index in [2.05, 4.69) is 36.1 Å². The van der Waals surface area contributed by atoms with Crippen LogP contribution >= 0.6 is 0 Å². The quantitative estimate of drug-likeness (QED) is 0.797. The van der Waals surface area contributed by atoms with Crippen LogP contribution in [0.1, 0.15) is 35.6 Å². The molecule has 21 heavy (non-hydrogen) atoms. The second-order valence-electron chi connectivity index (χ2n) is 5.79. The van der Waals surface area contributed by atoms with E-state index in [1.807, 2.05) is 0 Å². The van der Waals surface area contributed by atoms with Crippen molar-refractivity contribution in [2.75, 3.05) is 6.54 Å². The molecular formula is C18H19F2N. The molecule has 1 atom stereocenters. The molecule has 1 heterocycles. The van der Waals surface area contributed by atoms with E-state index in [0.29, 0.717) is 12.6 Å². The van der Waals surface area contributed by atoms with Crippen LogP contribution in [0.15, 0.2) is 42.5 Å². The maximum Gasteiger partial charge on any atom is 0.159 e. The van der Waals surface area contributed by atoms with Crippen LogP contribution in [0.5, 0.6) is 0 Å². The van der Waals surface area contributed by atoms with Crippen molar-refractivity contribution in [3.05, 3.63) is 70.8 Å². The van der Waals surface area contributed by atoms with Crippen molar-refractivity contribution in [2.24, 2.45) is 0 Å². The van der Waals surface area contributed by atoms with E-state index in [0.717, 1.165) is 24.9 Å². The van der Waals surface area contributed by atoms with Crippen LogP contribution in [0.3, 0.4) is 0 Å². The molecule has 0 unspecified atom stereocenters. The van der Waals surface area contributed by atoms with Gasteiger partial charge in [-0.3, -0.25) is 4.90 Å². The molecule has 1 saturated heterocycles. The lowest BCUT2D eigenvalue weighted by molar-refractivity contribution is 0.248. The van der Waals surface area contributed by atoms with Crippen molar-refractivity contribution >= 4 is 0 Å². The fourth-order valence-corrected chi connectivity index (χ4v) is 3.14. The third-order valence-corrected chi connectivity index (χ3v) is 4.16. The fraction of sp³-hybridized carbons (Fsp3) is 0.333. The Morgan fingerprint density at radius 3 is 2.71 bits per heavy atom. The molecule has 3 rings (SSSR count). The average Bonchev–Trinajstić information content (AvgIpc) is 2.91. The van der Waals surface area contributed by atoms with Gasteiger partial charge in [-0.05, 0) is 49.6 Å². The molecule has 0 N–H and O–H groups in total. The van der Waals surface area contributed by atoms with Crippen molar-refractivity contribution in [2.45, 2.75) is 32.4 Å². The number of rotatable bonds is 3. The number of likely N-dealkylation sites (tertiary alicyclic amines) is 1.